The van der Waals surface area contributed by atoms with E-state index in [1.807, 2.05) is 23.1 Å². The first-order chi connectivity index (χ1) is 15.1. The van der Waals surface area contributed by atoms with Crippen LogP contribution in [-0.4, -0.2) is 53.1 Å². The van der Waals surface area contributed by atoms with Gasteiger partial charge in [0.05, 0.1) is 0 Å². The summed E-state index contributed by atoms with van der Waals surface area (Å²) in [5.41, 5.74) is 2.43. The fourth-order valence-electron chi connectivity index (χ4n) is 3.53. The number of carbonyl (C=O) groups is 2. The highest BCUT2D eigenvalue weighted by molar-refractivity contribution is 7.13. The van der Waals surface area contributed by atoms with Crippen molar-refractivity contribution in [1.29, 1.82) is 0 Å². The Morgan fingerprint density at radius 3 is 2.35 bits per heavy atom. The van der Waals surface area contributed by atoms with Crippen LogP contribution >= 0.6 is 11.3 Å². The lowest BCUT2D eigenvalue weighted by Crippen LogP contribution is -2.48. The van der Waals surface area contributed by atoms with Crippen LogP contribution in [0.1, 0.15) is 38.5 Å². The van der Waals surface area contributed by atoms with Crippen LogP contribution in [0.3, 0.4) is 0 Å². The molecule has 1 aromatic heterocycles. The third-order valence-corrected chi connectivity index (χ3v) is 6.18. The van der Waals surface area contributed by atoms with Gasteiger partial charge in [0.15, 0.2) is 0 Å². The van der Waals surface area contributed by atoms with Crippen LogP contribution in [-0.2, 0) is 6.42 Å². The number of aryl methyl sites for hydroxylation is 1. The van der Waals surface area contributed by atoms with Crippen molar-refractivity contribution in [1.82, 2.24) is 15.1 Å². The zero-order valence-electron chi connectivity index (χ0n) is 17.5. The highest BCUT2D eigenvalue weighted by Crippen LogP contribution is 2.19. The normalized spacial score (nSPS) is 13.8. The van der Waals surface area contributed by atoms with E-state index < -0.39 is 0 Å². The first-order valence-corrected chi connectivity index (χ1v) is 11.3. The van der Waals surface area contributed by atoms with E-state index in [0.29, 0.717) is 29.3 Å². The van der Waals surface area contributed by atoms with Gasteiger partial charge in [0.2, 0.25) is 5.01 Å². The Hall–Kier alpha value is -3.26. The number of rotatable bonds is 6. The molecule has 2 aromatic carbocycles. The molecule has 1 aliphatic heterocycles. The van der Waals surface area contributed by atoms with Crippen molar-refractivity contribution in [3.8, 4) is 0 Å². The van der Waals surface area contributed by atoms with Crippen LogP contribution in [0.5, 0.6) is 0 Å². The summed E-state index contributed by atoms with van der Waals surface area (Å²) in [4.78, 5) is 29.4. The second-order valence-corrected chi connectivity index (χ2v) is 8.46. The predicted octanol–water partition coefficient (Wildman–Crippen LogP) is 3.71. The first kappa shape index (κ1) is 21.0. The molecule has 160 valence electrons. The minimum atomic E-state index is -0.282. The molecule has 0 spiro atoms. The molecule has 7 nitrogen and oxygen atoms in total. The predicted molar refractivity (Wildman–Crippen MR) is 123 cm³/mol. The third-order valence-electron chi connectivity index (χ3n) is 5.20. The molecule has 0 radical (unpaired) electrons. The number of benzene rings is 2. The van der Waals surface area contributed by atoms with Crippen LogP contribution in [0.4, 0.5) is 11.4 Å². The van der Waals surface area contributed by atoms with E-state index in [0.717, 1.165) is 30.9 Å². The van der Waals surface area contributed by atoms with E-state index in [1.54, 1.807) is 24.3 Å². The number of piperazine rings is 1. The average Bonchev–Trinajstić information content (AvgIpc) is 3.29. The highest BCUT2D eigenvalue weighted by atomic mass is 32.1. The molecule has 0 aliphatic carbocycles. The largest absolute Gasteiger partial charge is 0.368 e. The minimum Gasteiger partial charge on any atom is -0.368 e. The van der Waals surface area contributed by atoms with Crippen LogP contribution in [0, 0.1) is 0 Å². The molecule has 0 atom stereocenters. The molecule has 1 fully saturated rings. The molecule has 2 heterocycles. The summed E-state index contributed by atoms with van der Waals surface area (Å²) in [5.74, 6) is -0.269. The molecule has 0 saturated carbocycles. The van der Waals surface area contributed by atoms with Gasteiger partial charge in [0, 0.05) is 49.5 Å². The Balaban J connectivity index is 1.32. The van der Waals surface area contributed by atoms with Gasteiger partial charge in [0.25, 0.3) is 11.8 Å². The lowest BCUT2D eigenvalue weighted by molar-refractivity contribution is 0.0746. The lowest BCUT2D eigenvalue weighted by Gasteiger charge is -2.36. The molecular weight excluding hydrogens is 410 g/mol. The van der Waals surface area contributed by atoms with E-state index in [1.165, 1.54) is 17.0 Å². The molecule has 4 rings (SSSR count). The molecule has 2 amide bonds. The maximum absolute atomic E-state index is 12.9. The topological polar surface area (TPSA) is 78.4 Å². The molecule has 1 saturated heterocycles. The molecule has 31 heavy (non-hydrogen) atoms. The van der Waals surface area contributed by atoms with E-state index >= 15 is 0 Å². The van der Waals surface area contributed by atoms with Crippen LogP contribution in [0.15, 0.2) is 54.6 Å². The molecule has 0 unspecified atom stereocenters. The Bertz CT molecular complexity index is 1030. The second kappa shape index (κ2) is 9.70. The van der Waals surface area contributed by atoms with E-state index in [2.05, 4.69) is 39.5 Å². The monoisotopic (exact) mass is 435 g/mol. The number of nitrogens with one attached hydrogen (secondary N) is 1. The van der Waals surface area contributed by atoms with Gasteiger partial charge in [0.1, 0.15) is 5.01 Å². The summed E-state index contributed by atoms with van der Waals surface area (Å²) in [6, 6.07) is 17.3. The van der Waals surface area contributed by atoms with E-state index in [-0.39, 0.29) is 11.8 Å². The highest BCUT2D eigenvalue weighted by Gasteiger charge is 2.22. The fourth-order valence-corrected chi connectivity index (χ4v) is 4.37. The Morgan fingerprint density at radius 2 is 1.68 bits per heavy atom. The van der Waals surface area contributed by atoms with Crippen molar-refractivity contribution in [3.63, 3.8) is 0 Å². The van der Waals surface area contributed by atoms with Crippen LogP contribution in [0.2, 0.25) is 0 Å². The lowest BCUT2D eigenvalue weighted by atomic mass is 10.1. The summed E-state index contributed by atoms with van der Waals surface area (Å²) in [6.45, 7) is 5.05. The van der Waals surface area contributed by atoms with Gasteiger partial charge in [-0.1, -0.05) is 36.5 Å². The summed E-state index contributed by atoms with van der Waals surface area (Å²) in [7, 11) is 0. The Kier molecular flexibility index (Phi) is 6.57. The number of amides is 2. The average molecular weight is 436 g/mol. The third kappa shape index (κ3) is 5.08. The smallest absolute Gasteiger partial charge is 0.286 e. The summed E-state index contributed by atoms with van der Waals surface area (Å²) >= 11 is 1.31. The first-order valence-electron chi connectivity index (χ1n) is 10.5. The number of hydrogen-bond acceptors (Lipinski definition) is 6. The number of carbonyl (C=O) groups excluding carboxylic acids is 2. The number of nitrogens with zero attached hydrogens (tertiary/aromatic N) is 4. The van der Waals surface area contributed by atoms with Crippen molar-refractivity contribution < 1.29 is 9.59 Å². The van der Waals surface area contributed by atoms with Crippen molar-refractivity contribution in [2.75, 3.05) is 36.4 Å². The quantitative estimate of drug-likeness (QED) is 0.639. The van der Waals surface area contributed by atoms with Crippen molar-refractivity contribution >= 4 is 34.5 Å². The molecule has 8 heteroatoms. The van der Waals surface area contributed by atoms with Gasteiger partial charge in [-0.3, -0.25) is 9.59 Å². The van der Waals surface area contributed by atoms with Crippen molar-refractivity contribution in [2.45, 2.75) is 19.8 Å². The Morgan fingerprint density at radius 1 is 0.968 bits per heavy atom. The van der Waals surface area contributed by atoms with Crippen molar-refractivity contribution in [2.24, 2.45) is 0 Å². The SMILES string of the molecule is CCCc1nnc(C(=O)Nc2ccc(C(=O)N3CCN(c4ccccc4)CC3)cc2)s1. The van der Waals surface area contributed by atoms with Gasteiger partial charge in [-0.15, -0.1) is 10.2 Å². The summed E-state index contributed by atoms with van der Waals surface area (Å²) in [6.07, 6.45) is 1.79. The second-order valence-electron chi connectivity index (χ2n) is 7.40. The van der Waals surface area contributed by atoms with E-state index in [4.69, 9.17) is 0 Å². The zero-order chi connectivity index (χ0) is 21.6. The standard InChI is InChI=1S/C23H25N5O2S/c1-2-6-20-25-26-22(31-20)21(29)24-18-11-9-17(10-12-18)23(30)28-15-13-27(14-16-28)19-7-4-3-5-8-19/h3-5,7-12H,2,6,13-16H2,1H3,(H,24,29). The molecular formula is C23H25N5O2S. The number of hydrogen-bond donors (Lipinski definition) is 1. The number of para-hydroxylation sites is 1. The van der Waals surface area contributed by atoms with Gasteiger partial charge in [-0.2, -0.15) is 0 Å². The maximum Gasteiger partial charge on any atom is 0.286 e. The fraction of sp³-hybridized carbons (Fsp3) is 0.304. The minimum absolute atomic E-state index is 0.0129. The van der Waals surface area contributed by atoms with Gasteiger partial charge in [-0.25, -0.2) is 0 Å². The molecule has 0 bridgehead atoms. The molecule has 3 aromatic rings. The van der Waals surface area contributed by atoms with Gasteiger partial charge in [-0.05, 0) is 42.8 Å². The molecule has 1 N–H and O–H groups in total. The molecule has 1 aliphatic rings. The van der Waals surface area contributed by atoms with Gasteiger partial charge >= 0.3 is 0 Å². The zero-order valence-corrected chi connectivity index (χ0v) is 18.3. The number of aromatic nitrogens is 2. The summed E-state index contributed by atoms with van der Waals surface area (Å²) in [5, 5.41) is 12.0. The van der Waals surface area contributed by atoms with Crippen LogP contribution < -0.4 is 10.2 Å². The van der Waals surface area contributed by atoms with E-state index in [9.17, 15) is 9.59 Å². The maximum atomic E-state index is 12.9. The Labute approximate surface area is 185 Å². The summed E-state index contributed by atoms with van der Waals surface area (Å²) < 4.78 is 0. The van der Waals surface area contributed by atoms with Gasteiger partial charge < -0.3 is 15.1 Å². The number of anilines is 2. The van der Waals surface area contributed by atoms with Crippen molar-refractivity contribution in [3.05, 3.63) is 70.2 Å². The van der Waals surface area contributed by atoms with Crippen LogP contribution in [0.25, 0.3) is 0 Å².